The van der Waals surface area contributed by atoms with Crippen LogP contribution in [0.5, 0.6) is 0 Å². The van der Waals surface area contributed by atoms with Gasteiger partial charge in [0, 0.05) is 24.0 Å². The highest BCUT2D eigenvalue weighted by molar-refractivity contribution is 5.99. The summed E-state index contributed by atoms with van der Waals surface area (Å²) < 4.78 is 19.1. The summed E-state index contributed by atoms with van der Waals surface area (Å²) in [6, 6.07) is 4.76. The number of piperidine rings is 1. The molecular formula is C15H16FNO2. The van der Waals surface area contributed by atoms with Crippen molar-refractivity contribution < 1.29 is 13.6 Å². The van der Waals surface area contributed by atoms with E-state index in [0.717, 1.165) is 37.9 Å². The number of furan rings is 1. The molecule has 1 aliphatic rings. The van der Waals surface area contributed by atoms with Crippen molar-refractivity contribution in [2.75, 3.05) is 13.1 Å². The van der Waals surface area contributed by atoms with Crippen molar-refractivity contribution in [3.05, 3.63) is 35.3 Å². The second-order valence-electron chi connectivity index (χ2n) is 5.03. The van der Waals surface area contributed by atoms with Gasteiger partial charge >= 0.3 is 0 Å². The second kappa shape index (κ2) is 4.68. The lowest BCUT2D eigenvalue weighted by Crippen LogP contribution is -2.35. The predicted molar refractivity (Wildman–Crippen MR) is 70.7 cm³/mol. The lowest BCUT2D eigenvalue weighted by molar-refractivity contribution is 0.0693. The van der Waals surface area contributed by atoms with Crippen molar-refractivity contribution in [2.24, 2.45) is 0 Å². The zero-order valence-electron chi connectivity index (χ0n) is 10.9. The monoisotopic (exact) mass is 261 g/mol. The molecule has 1 aliphatic heterocycles. The van der Waals surface area contributed by atoms with E-state index in [1.54, 1.807) is 17.0 Å². The van der Waals surface area contributed by atoms with Gasteiger partial charge in [-0.15, -0.1) is 0 Å². The van der Waals surface area contributed by atoms with E-state index in [4.69, 9.17) is 4.42 Å². The Morgan fingerprint density at radius 2 is 2.00 bits per heavy atom. The topological polar surface area (TPSA) is 33.5 Å². The number of carbonyl (C=O) groups is 1. The Balaban J connectivity index is 2.02. The molecule has 1 saturated heterocycles. The van der Waals surface area contributed by atoms with Gasteiger partial charge in [0.1, 0.15) is 0 Å². The molecule has 100 valence electrons. The number of para-hydroxylation sites is 1. The molecule has 0 N–H and O–H groups in total. The van der Waals surface area contributed by atoms with Crippen LogP contribution in [0.25, 0.3) is 11.0 Å². The fraction of sp³-hybridized carbons (Fsp3) is 0.400. The van der Waals surface area contributed by atoms with Crippen molar-refractivity contribution >= 4 is 16.9 Å². The van der Waals surface area contributed by atoms with E-state index < -0.39 is 5.82 Å². The normalized spacial score (nSPS) is 16.0. The number of aryl methyl sites for hydroxylation is 1. The third-order valence-electron chi connectivity index (χ3n) is 3.75. The van der Waals surface area contributed by atoms with E-state index in [2.05, 4.69) is 0 Å². The van der Waals surface area contributed by atoms with E-state index in [1.165, 1.54) is 6.07 Å². The average Bonchev–Trinajstić information content (AvgIpc) is 2.78. The van der Waals surface area contributed by atoms with Gasteiger partial charge in [-0.3, -0.25) is 4.79 Å². The Hall–Kier alpha value is -1.84. The average molecular weight is 261 g/mol. The van der Waals surface area contributed by atoms with Gasteiger partial charge in [0.25, 0.3) is 5.91 Å². The summed E-state index contributed by atoms with van der Waals surface area (Å²) in [6.45, 7) is 3.33. The van der Waals surface area contributed by atoms with Crippen LogP contribution in [0.3, 0.4) is 0 Å². The van der Waals surface area contributed by atoms with E-state index in [9.17, 15) is 9.18 Å². The number of carbonyl (C=O) groups excluding carboxylic acids is 1. The van der Waals surface area contributed by atoms with Gasteiger partial charge in [-0.25, -0.2) is 4.39 Å². The molecular weight excluding hydrogens is 245 g/mol. The Morgan fingerprint density at radius 3 is 2.68 bits per heavy atom. The van der Waals surface area contributed by atoms with Crippen molar-refractivity contribution in [3.8, 4) is 0 Å². The molecule has 0 spiro atoms. The van der Waals surface area contributed by atoms with Crippen LogP contribution < -0.4 is 0 Å². The number of likely N-dealkylation sites (tertiary alicyclic amines) is 1. The molecule has 0 atom stereocenters. The number of hydrogen-bond acceptors (Lipinski definition) is 2. The lowest BCUT2D eigenvalue weighted by atomic mass is 10.1. The van der Waals surface area contributed by atoms with Gasteiger partial charge in [-0.1, -0.05) is 12.1 Å². The molecule has 3 nitrogen and oxygen atoms in total. The van der Waals surface area contributed by atoms with Crippen LogP contribution in [0.2, 0.25) is 0 Å². The summed E-state index contributed by atoms with van der Waals surface area (Å²) in [5.41, 5.74) is 0.908. The molecule has 1 aromatic heterocycles. The number of benzene rings is 1. The molecule has 0 unspecified atom stereocenters. The Morgan fingerprint density at radius 1 is 1.26 bits per heavy atom. The molecule has 0 bridgehead atoms. The van der Waals surface area contributed by atoms with Crippen LogP contribution in [0.15, 0.2) is 22.6 Å². The Kier molecular flexibility index (Phi) is 3.01. The second-order valence-corrected chi connectivity index (χ2v) is 5.03. The third-order valence-corrected chi connectivity index (χ3v) is 3.75. The molecule has 0 saturated carbocycles. The molecule has 4 heteroatoms. The summed E-state index contributed by atoms with van der Waals surface area (Å²) in [7, 11) is 0. The first-order chi connectivity index (χ1) is 9.18. The summed E-state index contributed by atoms with van der Waals surface area (Å²) in [6.07, 6.45) is 3.22. The number of halogens is 1. The maximum atomic E-state index is 13.7. The highest BCUT2D eigenvalue weighted by Gasteiger charge is 2.25. The van der Waals surface area contributed by atoms with Crippen LogP contribution in [-0.2, 0) is 0 Å². The van der Waals surface area contributed by atoms with Crippen LogP contribution >= 0.6 is 0 Å². The minimum atomic E-state index is -0.418. The van der Waals surface area contributed by atoms with Gasteiger partial charge in [0.2, 0.25) is 0 Å². The molecule has 2 heterocycles. The zero-order valence-corrected chi connectivity index (χ0v) is 10.9. The van der Waals surface area contributed by atoms with E-state index in [0.29, 0.717) is 5.39 Å². The van der Waals surface area contributed by atoms with Crippen molar-refractivity contribution in [2.45, 2.75) is 26.2 Å². The molecule has 1 fully saturated rings. The standard InChI is InChI=1S/C15H16FNO2/c1-10-11-6-5-7-12(16)14(11)19-13(10)15(18)17-8-3-2-4-9-17/h5-7H,2-4,8-9H2,1H3. The van der Waals surface area contributed by atoms with Gasteiger partial charge in [-0.2, -0.15) is 0 Å². The maximum Gasteiger partial charge on any atom is 0.289 e. The zero-order chi connectivity index (χ0) is 13.4. The molecule has 0 aliphatic carbocycles. The largest absolute Gasteiger partial charge is 0.448 e. The number of amides is 1. The quantitative estimate of drug-likeness (QED) is 0.787. The summed E-state index contributed by atoms with van der Waals surface area (Å²) >= 11 is 0. The number of fused-ring (bicyclic) bond motifs is 1. The van der Waals surface area contributed by atoms with Gasteiger partial charge in [0.15, 0.2) is 17.2 Å². The molecule has 3 rings (SSSR count). The highest BCUT2D eigenvalue weighted by atomic mass is 19.1. The fourth-order valence-electron chi connectivity index (χ4n) is 2.65. The van der Waals surface area contributed by atoms with E-state index >= 15 is 0 Å². The predicted octanol–water partition coefficient (Wildman–Crippen LogP) is 3.51. The van der Waals surface area contributed by atoms with E-state index in [-0.39, 0.29) is 17.3 Å². The van der Waals surface area contributed by atoms with Gasteiger partial charge in [0.05, 0.1) is 0 Å². The highest BCUT2D eigenvalue weighted by Crippen LogP contribution is 2.28. The van der Waals surface area contributed by atoms with Crippen LogP contribution in [0.4, 0.5) is 4.39 Å². The Bertz CT molecular complexity index is 626. The summed E-state index contributed by atoms with van der Waals surface area (Å²) in [4.78, 5) is 14.2. The molecule has 1 amide bonds. The van der Waals surface area contributed by atoms with Crippen molar-refractivity contribution in [1.82, 2.24) is 4.90 Å². The molecule has 19 heavy (non-hydrogen) atoms. The fourth-order valence-corrected chi connectivity index (χ4v) is 2.65. The van der Waals surface area contributed by atoms with Gasteiger partial charge < -0.3 is 9.32 Å². The maximum absolute atomic E-state index is 13.7. The van der Waals surface area contributed by atoms with Crippen molar-refractivity contribution in [1.29, 1.82) is 0 Å². The number of hydrogen-bond donors (Lipinski definition) is 0. The lowest BCUT2D eigenvalue weighted by Gasteiger charge is -2.25. The molecule has 0 radical (unpaired) electrons. The number of rotatable bonds is 1. The minimum absolute atomic E-state index is 0.118. The summed E-state index contributed by atoms with van der Waals surface area (Å²) in [5.74, 6) is -0.256. The minimum Gasteiger partial charge on any atom is -0.448 e. The van der Waals surface area contributed by atoms with E-state index in [1.807, 2.05) is 6.92 Å². The van der Waals surface area contributed by atoms with Gasteiger partial charge in [-0.05, 0) is 32.3 Å². The Labute approximate surface area is 111 Å². The molecule has 2 aromatic rings. The first-order valence-corrected chi connectivity index (χ1v) is 6.65. The van der Waals surface area contributed by atoms with Crippen LogP contribution in [0.1, 0.15) is 35.4 Å². The van der Waals surface area contributed by atoms with Crippen LogP contribution in [-0.4, -0.2) is 23.9 Å². The first-order valence-electron chi connectivity index (χ1n) is 6.65. The SMILES string of the molecule is Cc1c(C(=O)N2CCCCC2)oc2c(F)cccc12. The molecule has 1 aromatic carbocycles. The smallest absolute Gasteiger partial charge is 0.289 e. The third kappa shape index (κ3) is 2.01. The number of nitrogens with zero attached hydrogens (tertiary/aromatic N) is 1. The summed E-state index contributed by atoms with van der Waals surface area (Å²) in [5, 5.41) is 0.681. The van der Waals surface area contributed by atoms with Crippen LogP contribution in [0, 0.1) is 12.7 Å². The first kappa shape index (κ1) is 12.2. The van der Waals surface area contributed by atoms with Crippen molar-refractivity contribution in [3.63, 3.8) is 0 Å².